The van der Waals surface area contributed by atoms with Crippen molar-refractivity contribution in [2.45, 2.75) is 18.6 Å². The zero-order valence-corrected chi connectivity index (χ0v) is 12.8. The molecule has 100 valence electrons. The first-order valence-electron chi connectivity index (χ1n) is 5.57. The molecule has 0 saturated carbocycles. The summed E-state index contributed by atoms with van der Waals surface area (Å²) < 4.78 is 11.9. The monoisotopic (exact) mass is 332 g/mol. The Morgan fingerprint density at radius 1 is 1.56 bits per heavy atom. The van der Waals surface area contributed by atoms with Gasteiger partial charge in [-0.15, -0.1) is 0 Å². The second-order valence-electron chi connectivity index (χ2n) is 4.09. The Hall–Kier alpha value is -0.880. The van der Waals surface area contributed by atoms with E-state index in [0.29, 0.717) is 28.7 Å². The van der Waals surface area contributed by atoms with Crippen LogP contribution in [0.5, 0.6) is 0 Å². The summed E-state index contributed by atoms with van der Waals surface area (Å²) in [6.45, 7) is 2.42. The molecule has 2 unspecified atom stereocenters. The van der Waals surface area contributed by atoms with Crippen molar-refractivity contribution in [3.63, 3.8) is 0 Å². The Bertz CT molecular complexity index is 465. The summed E-state index contributed by atoms with van der Waals surface area (Å²) in [5.41, 5.74) is 6.81. The van der Waals surface area contributed by atoms with Crippen molar-refractivity contribution < 1.29 is 9.00 Å². The molecule has 0 heterocycles. The molecule has 0 aliphatic rings. The lowest BCUT2D eigenvalue weighted by Gasteiger charge is -2.09. The van der Waals surface area contributed by atoms with E-state index in [4.69, 9.17) is 5.73 Å². The van der Waals surface area contributed by atoms with Crippen LogP contribution >= 0.6 is 15.9 Å². The van der Waals surface area contributed by atoms with Gasteiger partial charge in [-0.3, -0.25) is 9.00 Å². The minimum absolute atomic E-state index is 0.0865. The van der Waals surface area contributed by atoms with Gasteiger partial charge in [0.1, 0.15) is 0 Å². The third-order valence-electron chi connectivity index (χ3n) is 2.67. The molecule has 0 radical (unpaired) electrons. The van der Waals surface area contributed by atoms with E-state index in [1.165, 1.54) is 0 Å². The normalized spacial score (nSPS) is 13.9. The Balaban J connectivity index is 2.50. The predicted octanol–water partition coefficient (Wildman–Crippen LogP) is 1.92. The first kappa shape index (κ1) is 15.2. The predicted molar refractivity (Wildman–Crippen MR) is 79.0 cm³/mol. The number of rotatable bonds is 5. The Morgan fingerprint density at radius 3 is 2.78 bits per heavy atom. The number of hydrogen-bond acceptors (Lipinski definition) is 3. The molecular weight excluding hydrogens is 316 g/mol. The van der Waals surface area contributed by atoms with Gasteiger partial charge in [-0.05, 0) is 40.5 Å². The van der Waals surface area contributed by atoms with Crippen molar-refractivity contribution in [2.75, 3.05) is 18.5 Å². The van der Waals surface area contributed by atoms with E-state index < -0.39 is 10.8 Å². The number of carbonyl (C=O) groups is 1. The highest BCUT2D eigenvalue weighted by molar-refractivity contribution is 9.10. The molecule has 0 aliphatic heterocycles. The molecule has 18 heavy (non-hydrogen) atoms. The van der Waals surface area contributed by atoms with Crippen LogP contribution in [0, 0.1) is 0 Å². The Labute approximate surface area is 118 Å². The van der Waals surface area contributed by atoms with Gasteiger partial charge in [0.15, 0.2) is 0 Å². The second kappa shape index (κ2) is 6.89. The summed E-state index contributed by atoms with van der Waals surface area (Å²) in [7, 11) is -0.852. The summed E-state index contributed by atoms with van der Waals surface area (Å²) in [6, 6.07) is 5.05. The Morgan fingerprint density at radius 2 is 2.22 bits per heavy atom. The van der Waals surface area contributed by atoms with Crippen molar-refractivity contribution in [3.8, 4) is 0 Å². The summed E-state index contributed by atoms with van der Waals surface area (Å²) >= 11 is 3.28. The molecule has 0 aliphatic carbocycles. The molecule has 2 atom stereocenters. The number of anilines is 1. The lowest BCUT2D eigenvalue weighted by atomic mass is 10.2. The molecule has 1 aromatic rings. The summed E-state index contributed by atoms with van der Waals surface area (Å²) in [4.78, 5) is 11.8. The molecule has 0 spiro atoms. The van der Waals surface area contributed by atoms with Crippen molar-refractivity contribution >= 4 is 38.3 Å². The van der Waals surface area contributed by atoms with Crippen LogP contribution in [-0.2, 0) is 10.8 Å². The van der Waals surface area contributed by atoms with Gasteiger partial charge in [0.05, 0.1) is 0 Å². The van der Waals surface area contributed by atoms with Crippen molar-refractivity contribution in [2.24, 2.45) is 0 Å². The highest BCUT2D eigenvalue weighted by Gasteiger charge is 2.09. The minimum atomic E-state index is -0.852. The molecule has 6 heteroatoms. The molecule has 0 aromatic heterocycles. The van der Waals surface area contributed by atoms with Crippen LogP contribution in [0.25, 0.3) is 0 Å². The van der Waals surface area contributed by atoms with Crippen molar-refractivity contribution in [1.29, 1.82) is 0 Å². The van der Waals surface area contributed by atoms with E-state index >= 15 is 0 Å². The average Bonchev–Trinajstić information content (AvgIpc) is 2.32. The molecule has 0 bridgehead atoms. The number of amides is 1. The van der Waals surface area contributed by atoms with Gasteiger partial charge in [-0.25, -0.2) is 0 Å². The quantitative estimate of drug-likeness (QED) is 0.809. The molecule has 1 rings (SSSR count). The molecule has 0 saturated heterocycles. The van der Waals surface area contributed by atoms with Crippen LogP contribution in [0.1, 0.15) is 23.7 Å². The number of nitrogens with one attached hydrogen (secondary N) is 1. The summed E-state index contributed by atoms with van der Waals surface area (Å²) in [6.07, 6.45) is 2.37. The molecule has 1 aromatic carbocycles. The van der Waals surface area contributed by atoms with Crippen molar-refractivity contribution in [1.82, 2.24) is 5.32 Å². The summed E-state index contributed by atoms with van der Waals surface area (Å²) in [5.74, 6) is -0.148. The lowest BCUT2D eigenvalue weighted by Crippen LogP contribution is -2.27. The van der Waals surface area contributed by atoms with E-state index in [1.807, 2.05) is 6.92 Å². The van der Waals surface area contributed by atoms with Gasteiger partial charge < -0.3 is 11.1 Å². The standard InChI is InChI=1S/C12H17BrN2O2S/c1-8(18(2)17)5-6-15-12(16)9-3-4-11(14)10(13)7-9/h3-4,7-8H,5-6,14H2,1-2H3,(H,15,16). The van der Waals surface area contributed by atoms with Gasteiger partial charge in [-0.2, -0.15) is 0 Å². The summed E-state index contributed by atoms with van der Waals surface area (Å²) in [5, 5.41) is 2.88. The molecule has 1 amide bonds. The van der Waals surface area contributed by atoms with Crippen LogP contribution in [0.15, 0.2) is 22.7 Å². The first-order chi connectivity index (χ1) is 8.41. The van der Waals surface area contributed by atoms with Gasteiger partial charge in [0.2, 0.25) is 0 Å². The number of benzene rings is 1. The van der Waals surface area contributed by atoms with E-state index in [0.717, 1.165) is 0 Å². The fourth-order valence-corrected chi connectivity index (χ4v) is 2.15. The SMILES string of the molecule is CC(CCNC(=O)c1ccc(N)c(Br)c1)S(C)=O. The fraction of sp³-hybridized carbons (Fsp3) is 0.417. The zero-order valence-electron chi connectivity index (χ0n) is 10.4. The number of halogens is 1. The van der Waals surface area contributed by atoms with Crippen molar-refractivity contribution in [3.05, 3.63) is 28.2 Å². The average molecular weight is 333 g/mol. The third kappa shape index (κ3) is 4.42. The maximum Gasteiger partial charge on any atom is 0.251 e. The second-order valence-corrected chi connectivity index (χ2v) is 6.75. The van der Waals surface area contributed by atoms with Crippen LogP contribution < -0.4 is 11.1 Å². The smallest absolute Gasteiger partial charge is 0.251 e. The maximum atomic E-state index is 11.8. The lowest BCUT2D eigenvalue weighted by molar-refractivity contribution is 0.0953. The number of carbonyl (C=O) groups excluding carboxylic acids is 1. The van der Waals surface area contributed by atoms with E-state index in [9.17, 15) is 9.00 Å². The first-order valence-corrected chi connectivity index (χ1v) is 7.98. The van der Waals surface area contributed by atoms with Gasteiger partial charge in [0, 0.05) is 44.6 Å². The maximum absolute atomic E-state index is 11.8. The van der Waals surface area contributed by atoms with Crippen LogP contribution in [0.4, 0.5) is 5.69 Å². The van der Waals surface area contributed by atoms with E-state index in [-0.39, 0.29) is 11.2 Å². The van der Waals surface area contributed by atoms with Gasteiger partial charge >= 0.3 is 0 Å². The van der Waals surface area contributed by atoms with Gasteiger partial charge in [-0.1, -0.05) is 6.92 Å². The fourth-order valence-electron chi connectivity index (χ4n) is 1.33. The number of hydrogen-bond donors (Lipinski definition) is 2. The molecular formula is C12H17BrN2O2S. The zero-order chi connectivity index (χ0) is 13.7. The Kier molecular flexibility index (Phi) is 5.81. The van der Waals surface area contributed by atoms with Gasteiger partial charge in [0.25, 0.3) is 5.91 Å². The van der Waals surface area contributed by atoms with E-state index in [1.54, 1.807) is 24.5 Å². The number of nitrogens with two attached hydrogens (primary N) is 1. The van der Waals surface area contributed by atoms with Crippen LogP contribution in [0.2, 0.25) is 0 Å². The minimum Gasteiger partial charge on any atom is -0.398 e. The molecule has 0 fully saturated rings. The topological polar surface area (TPSA) is 72.2 Å². The van der Waals surface area contributed by atoms with Crippen LogP contribution in [0.3, 0.4) is 0 Å². The van der Waals surface area contributed by atoms with Crippen LogP contribution in [-0.4, -0.2) is 28.2 Å². The van der Waals surface area contributed by atoms with E-state index in [2.05, 4.69) is 21.2 Å². The third-order valence-corrected chi connectivity index (χ3v) is 4.72. The largest absolute Gasteiger partial charge is 0.398 e. The number of nitrogen functional groups attached to an aromatic ring is 1. The highest BCUT2D eigenvalue weighted by atomic mass is 79.9. The molecule has 3 N–H and O–H groups in total. The molecule has 4 nitrogen and oxygen atoms in total. The highest BCUT2D eigenvalue weighted by Crippen LogP contribution is 2.20.